The largest absolute Gasteiger partial charge is 0.346 e. The van der Waals surface area contributed by atoms with Crippen molar-refractivity contribution in [1.29, 1.82) is 0 Å². The number of amides is 2. The topological polar surface area (TPSA) is 104 Å². The first-order chi connectivity index (χ1) is 12.7. The molecule has 0 aromatic heterocycles. The van der Waals surface area contributed by atoms with E-state index in [1.807, 2.05) is 13.0 Å². The fourth-order valence-corrected chi connectivity index (χ4v) is 3.62. The molecule has 0 aliphatic rings. The molecule has 2 aromatic carbocycles. The monoisotopic (exact) mass is 389 g/mol. The number of carbonyl (C=O) groups is 2. The van der Waals surface area contributed by atoms with Gasteiger partial charge in [0, 0.05) is 24.7 Å². The molecule has 7 nitrogen and oxygen atoms in total. The Bertz CT molecular complexity index is 941. The Kier molecular flexibility index (Phi) is 6.70. The molecule has 2 amide bonds. The van der Waals surface area contributed by atoms with E-state index >= 15 is 0 Å². The van der Waals surface area contributed by atoms with Crippen molar-refractivity contribution in [2.45, 2.75) is 31.7 Å². The summed E-state index contributed by atoms with van der Waals surface area (Å²) in [4.78, 5) is 23.8. The Morgan fingerprint density at radius 1 is 1.07 bits per heavy atom. The summed E-state index contributed by atoms with van der Waals surface area (Å²) in [7, 11) is -3.63. The van der Waals surface area contributed by atoms with E-state index in [-0.39, 0.29) is 34.9 Å². The third-order valence-corrected chi connectivity index (χ3v) is 5.34. The summed E-state index contributed by atoms with van der Waals surface area (Å²) >= 11 is 0. The molecule has 0 saturated carbocycles. The second kappa shape index (κ2) is 8.79. The minimum atomic E-state index is -3.63. The highest BCUT2D eigenvalue weighted by molar-refractivity contribution is 7.89. The lowest BCUT2D eigenvalue weighted by atomic mass is 10.1. The smallest absolute Gasteiger partial charge is 0.251 e. The van der Waals surface area contributed by atoms with Crippen LogP contribution >= 0.6 is 0 Å². The predicted octanol–water partition coefficient (Wildman–Crippen LogP) is 2.43. The molecular formula is C19H23N3O4S. The second-order valence-corrected chi connectivity index (χ2v) is 7.80. The summed E-state index contributed by atoms with van der Waals surface area (Å²) in [5, 5.41) is 5.53. The Balaban J connectivity index is 2.16. The molecule has 0 fully saturated rings. The van der Waals surface area contributed by atoms with E-state index in [4.69, 9.17) is 0 Å². The fourth-order valence-electron chi connectivity index (χ4n) is 2.53. The maximum atomic E-state index is 12.5. The SMILES string of the molecule is CCNS(=O)(=O)c1cccc(C(=O)NC(C)c2cccc(NC(C)=O)c2)c1. The molecule has 0 heterocycles. The van der Waals surface area contributed by atoms with E-state index < -0.39 is 10.0 Å². The molecule has 1 unspecified atom stereocenters. The number of nitrogens with one attached hydrogen (secondary N) is 3. The van der Waals surface area contributed by atoms with E-state index in [2.05, 4.69) is 15.4 Å². The van der Waals surface area contributed by atoms with E-state index in [9.17, 15) is 18.0 Å². The minimum Gasteiger partial charge on any atom is -0.346 e. The van der Waals surface area contributed by atoms with Gasteiger partial charge in [-0.15, -0.1) is 0 Å². The molecule has 0 aliphatic carbocycles. The van der Waals surface area contributed by atoms with Crippen molar-refractivity contribution in [3.8, 4) is 0 Å². The van der Waals surface area contributed by atoms with Gasteiger partial charge in [0.25, 0.3) is 5.91 Å². The van der Waals surface area contributed by atoms with Gasteiger partial charge >= 0.3 is 0 Å². The Hall–Kier alpha value is -2.71. The summed E-state index contributed by atoms with van der Waals surface area (Å²) in [5.41, 5.74) is 1.70. The maximum absolute atomic E-state index is 12.5. The average molecular weight is 389 g/mol. The van der Waals surface area contributed by atoms with Crippen molar-refractivity contribution in [2.24, 2.45) is 0 Å². The molecule has 1 atom stereocenters. The van der Waals surface area contributed by atoms with Gasteiger partial charge in [-0.25, -0.2) is 13.1 Å². The lowest BCUT2D eigenvalue weighted by molar-refractivity contribution is -0.114. The quantitative estimate of drug-likeness (QED) is 0.676. The fraction of sp³-hybridized carbons (Fsp3) is 0.263. The van der Waals surface area contributed by atoms with Gasteiger partial charge in [-0.2, -0.15) is 0 Å². The predicted molar refractivity (Wildman–Crippen MR) is 104 cm³/mol. The first-order valence-corrected chi connectivity index (χ1v) is 9.99. The first kappa shape index (κ1) is 20.6. The highest BCUT2D eigenvalue weighted by Gasteiger charge is 2.17. The van der Waals surface area contributed by atoms with E-state index in [1.165, 1.54) is 25.1 Å². The van der Waals surface area contributed by atoms with Gasteiger partial charge in [0.2, 0.25) is 15.9 Å². The number of hydrogen-bond donors (Lipinski definition) is 3. The zero-order chi connectivity index (χ0) is 20.0. The van der Waals surface area contributed by atoms with E-state index in [0.717, 1.165) is 5.56 Å². The molecule has 27 heavy (non-hydrogen) atoms. The highest BCUT2D eigenvalue weighted by Crippen LogP contribution is 2.19. The van der Waals surface area contributed by atoms with Gasteiger partial charge in [-0.3, -0.25) is 9.59 Å². The third-order valence-electron chi connectivity index (χ3n) is 3.80. The maximum Gasteiger partial charge on any atom is 0.251 e. The zero-order valence-electron chi connectivity index (χ0n) is 15.4. The number of anilines is 1. The number of hydrogen-bond acceptors (Lipinski definition) is 4. The van der Waals surface area contributed by atoms with Crippen LogP contribution in [0.2, 0.25) is 0 Å². The van der Waals surface area contributed by atoms with Crippen LogP contribution in [-0.2, 0) is 14.8 Å². The average Bonchev–Trinajstić information content (AvgIpc) is 2.61. The van der Waals surface area contributed by atoms with Crippen LogP contribution in [0, 0.1) is 0 Å². The van der Waals surface area contributed by atoms with Gasteiger partial charge < -0.3 is 10.6 Å². The summed E-state index contributed by atoms with van der Waals surface area (Å²) in [5.74, 6) is -0.566. The third kappa shape index (κ3) is 5.63. The molecule has 8 heteroatoms. The van der Waals surface area contributed by atoms with Crippen LogP contribution in [0.5, 0.6) is 0 Å². The van der Waals surface area contributed by atoms with E-state index in [0.29, 0.717) is 5.69 Å². The summed E-state index contributed by atoms with van der Waals surface area (Å²) < 4.78 is 26.6. The molecule has 2 rings (SSSR count). The van der Waals surface area contributed by atoms with Crippen LogP contribution in [0.25, 0.3) is 0 Å². The van der Waals surface area contributed by atoms with Gasteiger partial charge in [-0.1, -0.05) is 25.1 Å². The normalized spacial score (nSPS) is 12.3. The zero-order valence-corrected chi connectivity index (χ0v) is 16.3. The molecule has 144 valence electrons. The van der Waals surface area contributed by atoms with Crippen molar-refractivity contribution in [3.63, 3.8) is 0 Å². The molecule has 0 saturated heterocycles. The van der Waals surface area contributed by atoms with Crippen LogP contribution in [0.3, 0.4) is 0 Å². The van der Waals surface area contributed by atoms with Crippen LogP contribution in [0.15, 0.2) is 53.4 Å². The van der Waals surface area contributed by atoms with Gasteiger partial charge in [0.05, 0.1) is 10.9 Å². The van der Waals surface area contributed by atoms with Crippen molar-refractivity contribution < 1.29 is 18.0 Å². The number of sulfonamides is 1. The molecule has 0 radical (unpaired) electrons. The first-order valence-electron chi connectivity index (χ1n) is 8.51. The second-order valence-electron chi connectivity index (χ2n) is 6.03. The number of carbonyl (C=O) groups excluding carboxylic acids is 2. The van der Waals surface area contributed by atoms with E-state index in [1.54, 1.807) is 31.2 Å². The van der Waals surface area contributed by atoms with Crippen molar-refractivity contribution in [3.05, 3.63) is 59.7 Å². The summed E-state index contributed by atoms with van der Waals surface area (Å²) in [6.07, 6.45) is 0. The summed E-state index contributed by atoms with van der Waals surface area (Å²) in [6, 6.07) is 12.7. The van der Waals surface area contributed by atoms with Crippen molar-refractivity contribution >= 4 is 27.5 Å². The lowest BCUT2D eigenvalue weighted by Gasteiger charge is -2.16. The van der Waals surface area contributed by atoms with Crippen LogP contribution < -0.4 is 15.4 Å². The standard InChI is InChI=1S/C19H23N3O4S/c1-4-20-27(25,26)18-10-6-8-16(12-18)19(24)21-13(2)15-7-5-9-17(11-15)22-14(3)23/h5-13,20H,4H2,1-3H3,(H,21,24)(H,22,23). The lowest BCUT2D eigenvalue weighted by Crippen LogP contribution is -2.27. The molecule has 0 spiro atoms. The Labute approximate surface area is 159 Å². The van der Waals surface area contributed by atoms with Crippen molar-refractivity contribution in [1.82, 2.24) is 10.0 Å². The van der Waals surface area contributed by atoms with Gasteiger partial charge in [-0.05, 0) is 42.8 Å². The molecule has 0 aliphatic heterocycles. The summed E-state index contributed by atoms with van der Waals surface area (Å²) in [6.45, 7) is 5.18. The Morgan fingerprint density at radius 2 is 1.78 bits per heavy atom. The molecule has 2 aromatic rings. The van der Waals surface area contributed by atoms with Crippen molar-refractivity contribution in [2.75, 3.05) is 11.9 Å². The van der Waals surface area contributed by atoms with Crippen LogP contribution in [0.1, 0.15) is 42.7 Å². The molecular weight excluding hydrogens is 366 g/mol. The Morgan fingerprint density at radius 3 is 2.44 bits per heavy atom. The van der Waals surface area contributed by atoms with Gasteiger partial charge in [0.1, 0.15) is 0 Å². The van der Waals surface area contributed by atoms with Crippen LogP contribution in [-0.4, -0.2) is 26.8 Å². The minimum absolute atomic E-state index is 0.0392. The molecule has 3 N–H and O–H groups in total. The number of benzene rings is 2. The highest BCUT2D eigenvalue weighted by atomic mass is 32.2. The molecule has 0 bridgehead atoms. The number of rotatable bonds is 7. The van der Waals surface area contributed by atoms with Gasteiger partial charge in [0.15, 0.2) is 0 Å². The van der Waals surface area contributed by atoms with Crippen LogP contribution in [0.4, 0.5) is 5.69 Å².